The summed E-state index contributed by atoms with van der Waals surface area (Å²) in [5.41, 5.74) is 6.95. The number of fused-ring (bicyclic) bond motifs is 1. The minimum Gasteiger partial charge on any atom is -0.385 e. The standard InChI is InChI=1S/C16H18N4O/c1-10(2)9-20-14(15(17)19-16(20)21)13-8-18-7-11-5-3-4-6-12(11)13/h3-8,10,14H,9H2,1-2H3,(H2,17,19,21). The van der Waals surface area contributed by atoms with Crippen LogP contribution in [0.15, 0.2) is 41.7 Å². The molecule has 0 aliphatic carbocycles. The molecule has 1 unspecified atom stereocenters. The van der Waals surface area contributed by atoms with Crippen molar-refractivity contribution in [1.82, 2.24) is 9.88 Å². The van der Waals surface area contributed by atoms with Crippen molar-refractivity contribution < 1.29 is 4.79 Å². The van der Waals surface area contributed by atoms with E-state index in [1.165, 1.54) is 0 Å². The van der Waals surface area contributed by atoms with Gasteiger partial charge in [0.25, 0.3) is 0 Å². The van der Waals surface area contributed by atoms with Gasteiger partial charge < -0.3 is 10.6 Å². The second kappa shape index (κ2) is 5.16. The van der Waals surface area contributed by atoms with E-state index in [0.29, 0.717) is 18.3 Å². The van der Waals surface area contributed by atoms with Crippen LogP contribution < -0.4 is 5.73 Å². The van der Waals surface area contributed by atoms with E-state index in [4.69, 9.17) is 5.73 Å². The van der Waals surface area contributed by atoms with Gasteiger partial charge in [0.1, 0.15) is 11.9 Å². The van der Waals surface area contributed by atoms with Gasteiger partial charge in [-0.1, -0.05) is 38.1 Å². The molecule has 0 radical (unpaired) electrons. The number of hydrogen-bond acceptors (Lipinski definition) is 3. The predicted octanol–water partition coefficient (Wildman–Crippen LogP) is 2.72. The van der Waals surface area contributed by atoms with Crippen LogP contribution in [0.5, 0.6) is 0 Å². The maximum Gasteiger partial charge on any atom is 0.346 e. The van der Waals surface area contributed by atoms with Crippen molar-refractivity contribution in [2.24, 2.45) is 16.6 Å². The molecule has 1 aliphatic heterocycles. The van der Waals surface area contributed by atoms with E-state index >= 15 is 0 Å². The summed E-state index contributed by atoms with van der Waals surface area (Å²) in [6.07, 6.45) is 3.59. The number of nitrogens with two attached hydrogens (primary N) is 1. The quantitative estimate of drug-likeness (QED) is 0.940. The van der Waals surface area contributed by atoms with Crippen LogP contribution in [0.2, 0.25) is 0 Å². The largest absolute Gasteiger partial charge is 0.385 e. The molecule has 2 aromatic rings. The van der Waals surface area contributed by atoms with E-state index in [9.17, 15) is 4.79 Å². The van der Waals surface area contributed by atoms with Gasteiger partial charge in [-0.2, -0.15) is 4.99 Å². The number of benzene rings is 1. The van der Waals surface area contributed by atoms with Gasteiger partial charge in [-0.3, -0.25) is 4.98 Å². The molecule has 0 spiro atoms. The van der Waals surface area contributed by atoms with Crippen LogP contribution in [-0.2, 0) is 0 Å². The minimum atomic E-state index is -0.321. The summed E-state index contributed by atoms with van der Waals surface area (Å²) >= 11 is 0. The number of rotatable bonds is 3. The van der Waals surface area contributed by atoms with Gasteiger partial charge in [-0.05, 0) is 11.3 Å². The number of carbonyl (C=O) groups is 1. The first-order chi connectivity index (χ1) is 10.1. The van der Waals surface area contributed by atoms with Crippen LogP contribution in [0.3, 0.4) is 0 Å². The summed E-state index contributed by atoms with van der Waals surface area (Å²) in [7, 11) is 0. The Labute approximate surface area is 123 Å². The average Bonchev–Trinajstić information content (AvgIpc) is 2.72. The number of amides is 2. The van der Waals surface area contributed by atoms with Crippen molar-refractivity contribution in [2.45, 2.75) is 19.9 Å². The smallest absolute Gasteiger partial charge is 0.346 e. The van der Waals surface area contributed by atoms with E-state index in [2.05, 4.69) is 23.8 Å². The van der Waals surface area contributed by atoms with Crippen molar-refractivity contribution in [3.63, 3.8) is 0 Å². The minimum absolute atomic E-state index is 0.265. The summed E-state index contributed by atoms with van der Waals surface area (Å²) in [6.45, 7) is 4.76. The summed E-state index contributed by atoms with van der Waals surface area (Å²) in [5.74, 6) is 0.694. The summed E-state index contributed by atoms with van der Waals surface area (Å²) in [5, 5.41) is 2.09. The Kier molecular flexibility index (Phi) is 3.33. The summed E-state index contributed by atoms with van der Waals surface area (Å²) in [4.78, 5) is 22.0. The fourth-order valence-electron chi connectivity index (χ4n) is 2.77. The third-order valence-corrected chi connectivity index (χ3v) is 3.62. The Morgan fingerprint density at radius 2 is 2.05 bits per heavy atom. The first-order valence-electron chi connectivity index (χ1n) is 7.05. The van der Waals surface area contributed by atoms with Crippen molar-refractivity contribution >= 4 is 22.6 Å². The first kappa shape index (κ1) is 13.5. The zero-order valence-corrected chi connectivity index (χ0v) is 12.2. The Hall–Kier alpha value is -2.43. The highest BCUT2D eigenvalue weighted by atomic mass is 16.2. The Balaban J connectivity index is 2.11. The highest BCUT2D eigenvalue weighted by Gasteiger charge is 2.35. The van der Waals surface area contributed by atoms with E-state index in [1.807, 2.05) is 30.5 Å². The SMILES string of the molecule is CC(C)CN1C(=O)N=C(N)C1c1cncc2ccccc12. The lowest BCUT2D eigenvalue weighted by Crippen LogP contribution is -2.36. The Morgan fingerprint density at radius 1 is 1.29 bits per heavy atom. The van der Waals surface area contributed by atoms with Crippen molar-refractivity contribution in [3.8, 4) is 0 Å². The molecule has 1 aromatic heterocycles. The molecule has 0 fully saturated rings. The van der Waals surface area contributed by atoms with Gasteiger partial charge in [-0.15, -0.1) is 0 Å². The molecule has 0 bridgehead atoms. The molecule has 0 saturated carbocycles. The zero-order chi connectivity index (χ0) is 15.0. The van der Waals surface area contributed by atoms with Crippen LogP contribution in [0.1, 0.15) is 25.5 Å². The first-order valence-corrected chi connectivity index (χ1v) is 7.05. The Bertz CT molecular complexity index is 718. The molecule has 5 heteroatoms. The van der Waals surface area contributed by atoms with Gasteiger partial charge in [0, 0.05) is 29.9 Å². The van der Waals surface area contributed by atoms with Crippen LogP contribution in [-0.4, -0.2) is 28.3 Å². The van der Waals surface area contributed by atoms with E-state index in [1.54, 1.807) is 11.1 Å². The topological polar surface area (TPSA) is 71.6 Å². The molecule has 0 saturated heterocycles. The number of amidine groups is 1. The molecule has 2 N–H and O–H groups in total. The van der Waals surface area contributed by atoms with Crippen LogP contribution >= 0.6 is 0 Å². The normalized spacial score (nSPS) is 18.6. The highest BCUT2D eigenvalue weighted by molar-refractivity contribution is 6.05. The lowest BCUT2D eigenvalue weighted by Gasteiger charge is -2.26. The molecular formula is C16H18N4O. The van der Waals surface area contributed by atoms with Crippen LogP contribution in [0, 0.1) is 5.92 Å². The molecule has 2 amide bonds. The van der Waals surface area contributed by atoms with Crippen molar-refractivity contribution in [3.05, 3.63) is 42.2 Å². The van der Waals surface area contributed by atoms with Crippen LogP contribution in [0.4, 0.5) is 4.79 Å². The monoisotopic (exact) mass is 282 g/mol. The van der Waals surface area contributed by atoms with Gasteiger partial charge in [-0.25, -0.2) is 4.79 Å². The van der Waals surface area contributed by atoms with E-state index in [0.717, 1.165) is 16.3 Å². The number of aliphatic imine (C=N–C) groups is 1. The average molecular weight is 282 g/mol. The fraction of sp³-hybridized carbons (Fsp3) is 0.312. The molecule has 1 atom stereocenters. The third kappa shape index (κ3) is 2.35. The highest BCUT2D eigenvalue weighted by Crippen LogP contribution is 2.31. The van der Waals surface area contributed by atoms with Gasteiger partial charge in [0.2, 0.25) is 0 Å². The van der Waals surface area contributed by atoms with E-state index < -0.39 is 0 Å². The van der Waals surface area contributed by atoms with Gasteiger partial charge in [0.15, 0.2) is 0 Å². The summed E-state index contributed by atoms with van der Waals surface area (Å²) < 4.78 is 0. The van der Waals surface area contributed by atoms with Gasteiger partial charge >= 0.3 is 6.03 Å². The maximum atomic E-state index is 12.1. The van der Waals surface area contributed by atoms with Crippen molar-refractivity contribution in [1.29, 1.82) is 0 Å². The summed E-state index contributed by atoms with van der Waals surface area (Å²) in [6, 6.07) is 7.39. The number of hydrogen-bond donors (Lipinski definition) is 1. The number of urea groups is 1. The van der Waals surface area contributed by atoms with Crippen molar-refractivity contribution in [2.75, 3.05) is 6.54 Å². The molecule has 21 heavy (non-hydrogen) atoms. The second-order valence-corrected chi connectivity index (χ2v) is 5.72. The second-order valence-electron chi connectivity index (χ2n) is 5.72. The predicted molar refractivity (Wildman–Crippen MR) is 83.0 cm³/mol. The molecule has 108 valence electrons. The number of pyridine rings is 1. The molecular weight excluding hydrogens is 264 g/mol. The lowest BCUT2D eigenvalue weighted by molar-refractivity contribution is 0.199. The fourth-order valence-corrected chi connectivity index (χ4v) is 2.77. The number of nitrogens with zero attached hydrogens (tertiary/aromatic N) is 3. The number of aromatic nitrogens is 1. The zero-order valence-electron chi connectivity index (χ0n) is 12.2. The molecule has 3 rings (SSSR count). The van der Waals surface area contributed by atoms with Gasteiger partial charge in [0.05, 0.1) is 0 Å². The van der Waals surface area contributed by atoms with E-state index in [-0.39, 0.29) is 12.1 Å². The Morgan fingerprint density at radius 3 is 2.81 bits per heavy atom. The number of carbonyl (C=O) groups excluding carboxylic acids is 1. The third-order valence-electron chi connectivity index (χ3n) is 3.62. The molecule has 1 aliphatic rings. The molecule has 1 aromatic carbocycles. The molecule has 2 heterocycles. The van der Waals surface area contributed by atoms with Crippen LogP contribution in [0.25, 0.3) is 10.8 Å². The lowest BCUT2D eigenvalue weighted by atomic mass is 9.99. The molecule has 5 nitrogen and oxygen atoms in total. The maximum absolute atomic E-state index is 12.1.